The second kappa shape index (κ2) is 8.08. The molecule has 2 nitrogen and oxygen atoms in total. The molecule has 4 aromatic rings. The van der Waals surface area contributed by atoms with Crippen LogP contribution in [0.3, 0.4) is 0 Å². The minimum atomic E-state index is -1.63. The van der Waals surface area contributed by atoms with E-state index in [0.29, 0.717) is 0 Å². The number of benzene rings is 4. The van der Waals surface area contributed by atoms with Crippen molar-refractivity contribution in [3.8, 4) is 11.1 Å². The van der Waals surface area contributed by atoms with Gasteiger partial charge in [-0.15, -0.1) is 0 Å². The first-order valence-electron chi connectivity index (χ1n) is 9.78. The summed E-state index contributed by atoms with van der Waals surface area (Å²) in [6, 6.07) is 35.8. The summed E-state index contributed by atoms with van der Waals surface area (Å²) in [6.07, 6.45) is 0. The highest BCUT2D eigenvalue weighted by molar-refractivity contribution is 6.48. The molecule has 0 spiro atoms. The van der Waals surface area contributed by atoms with Crippen LogP contribution in [-0.4, -0.2) is 17.2 Å². The average Bonchev–Trinajstić information content (AvgIpc) is 2.77. The van der Waals surface area contributed by atoms with Gasteiger partial charge in [0, 0.05) is 0 Å². The molecule has 0 radical (unpaired) electrons. The number of rotatable bonds is 5. The molecule has 0 aliphatic heterocycles. The van der Waals surface area contributed by atoms with E-state index in [1.54, 1.807) is 0 Å². The highest BCUT2D eigenvalue weighted by Gasteiger charge is 2.48. The molecule has 0 saturated heterocycles. The van der Waals surface area contributed by atoms with E-state index in [0.717, 1.165) is 33.4 Å². The minimum absolute atomic E-state index is 0.835. The van der Waals surface area contributed by atoms with E-state index >= 15 is 0 Å². The van der Waals surface area contributed by atoms with Crippen molar-refractivity contribution < 1.29 is 10.0 Å². The van der Waals surface area contributed by atoms with Gasteiger partial charge in [-0.1, -0.05) is 115 Å². The van der Waals surface area contributed by atoms with Gasteiger partial charge in [0.2, 0.25) is 0 Å². The van der Waals surface area contributed by atoms with Crippen molar-refractivity contribution in [2.75, 3.05) is 0 Å². The van der Waals surface area contributed by atoms with Crippen LogP contribution in [0.15, 0.2) is 109 Å². The van der Waals surface area contributed by atoms with Crippen LogP contribution in [0.5, 0.6) is 0 Å². The van der Waals surface area contributed by atoms with Crippen LogP contribution in [0.1, 0.15) is 22.3 Å². The Balaban J connectivity index is 2.12. The van der Waals surface area contributed by atoms with Crippen LogP contribution in [-0.2, 0) is 5.31 Å². The molecule has 29 heavy (non-hydrogen) atoms. The number of hydrogen-bond acceptors (Lipinski definition) is 2. The lowest BCUT2D eigenvalue weighted by atomic mass is 9.47. The monoisotopic (exact) mass is 378 g/mol. The molecule has 0 aromatic heterocycles. The van der Waals surface area contributed by atoms with Crippen molar-refractivity contribution >= 4 is 7.12 Å². The molecule has 0 saturated carbocycles. The molecular formula is C26H23BO2. The topological polar surface area (TPSA) is 40.5 Å². The molecule has 0 bridgehead atoms. The van der Waals surface area contributed by atoms with E-state index < -0.39 is 12.4 Å². The normalized spacial score (nSPS) is 11.3. The third-order valence-electron chi connectivity index (χ3n) is 5.53. The second-order valence-electron chi connectivity index (χ2n) is 7.33. The van der Waals surface area contributed by atoms with Crippen LogP contribution in [0.25, 0.3) is 11.1 Å². The first-order valence-corrected chi connectivity index (χ1v) is 9.78. The van der Waals surface area contributed by atoms with Crippen LogP contribution in [0.2, 0.25) is 0 Å². The fourth-order valence-corrected chi connectivity index (χ4v) is 4.18. The molecule has 0 aliphatic rings. The van der Waals surface area contributed by atoms with Gasteiger partial charge in [-0.25, -0.2) is 0 Å². The molecule has 4 aromatic carbocycles. The van der Waals surface area contributed by atoms with E-state index in [2.05, 4.69) is 25.1 Å². The van der Waals surface area contributed by atoms with E-state index in [1.807, 2.05) is 91.0 Å². The Morgan fingerprint density at radius 3 is 1.59 bits per heavy atom. The maximum atomic E-state index is 10.9. The summed E-state index contributed by atoms with van der Waals surface area (Å²) in [4.78, 5) is 0. The molecule has 142 valence electrons. The van der Waals surface area contributed by atoms with E-state index in [-0.39, 0.29) is 0 Å². The lowest BCUT2D eigenvalue weighted by Gasteiger charge is -2.36. The van der Waals surface area contributed by atoms with Crippen LogP contribution >= 0.6 is 0 Å². The fraction of sp³-hybridized carbons (Fsp3) is 0.0769. The smallest absolute Gasteiger partial charge is 0.426 e. The first-order chi connectivity index (χ1) is 14.1. The number of aryl methyl sites for hydroxylation is 1. The Bertz CT molecular complexity index is 1040. The zero-order valence-corrected chi connectivity index (χ0v) is 16.4. The predicted molar refractivity (Wildman–Crippen MR) is 120 cm³/mol. The quantitative estimate of drug-likeness (QED) is 0.379. The molecule has 0 unspecified atom stereocenters. The average molecular weight is 378 g/mol. The summed E-state index contributed by atoms with van der Waals surface area (Å²) in [5, 5.41) is 20.7. The largest absolute Gasteiger partial charge is 0.472 e. The third kappa shape index (κ3) is 3.40. The minimum Gasteiger partial charge on any atom is -0.426 e. The zero-order valence-electron chi connectivity index (χ0n) is 16.4. The molecule has 0 fully saturated rings. The van der Waals surface area contributed by atoms with Crippen LogP contribution in [0, 0.1) is 6.92 Å². The van der Waals surface area contributed by atoms with E-state index in [4.69, 9.17) is 0 Å². The van der Waals surface area contributed by atoms with Crippen molar-refractivity contribution in [3.63, 3.8) is 0 Å². The van der Waals surface area contributed by atoms with Gasteiger partial charge in [0.05, 0.1) is 5.31 Å². The molecule has 0 aliphatic carbocycles. The van der Waals surface area contributed by atoms with Gasteiger partial charge in [-0.3, -0.25) is 0 Å². The summed E-state index contributed by atoms with van der Waals surface area (Å²) in [6.45, 7) is 2.05. The van der Waals surface area contributed by atoms with Crippen molar-refractivity contribution in [3.05, 3.63) is 131 Å². The maximum Gasteiger partial charge on any atom is 0.472 e. The van der Waals surface area contributed by atoms with Gasteiger partial charge in [0.1, 0.15) is 0 Å². The van der Waals surface area contributed by atoms with Gasteiger partial charge in [-0.2, -0.15) is 0 Å². The van der Waals surface area contributed by atoms with E-state index in [9.17, 15) is 10.0 Å². The van der Waals surface area contributed by atoms with Gasteiger partial charge in [0.15, 0.2) is 0 Å². The highest BCUT2D eigenvalue weighted by Crippen LogP contribution is 2.44. The summed E-state index contributed by atoms with van der Waals surface area (Å²) >= 11 is 0. The van der Waals surface area contributed by atoms with Crippen molar-refractivity contribution in [1.82, 2.24) is 0 Å². The fourth-order valence-electron chi connectivity index (χ4n) is 4.18. The molecule has 0 heterocycles. The van der Waals surface area contributed by atoms with Gasteiger partial charge in [0.25, 0.3) is 0 Å². The Labute approximate surface area is 172 Å². The second-order valence-corrected chi connectivity index (χ2v) is 7.33. The van der Waals surface area contributed by atoms with E-state index in [1.165, 1.54) is 0 Å². The Hall–Kier alpha value is -3.14. The standard InChI is InChI=1S/C26H23BO2/c1-20-17-18-25(24(19-20)21-11-5-2-6-12-21)26(27(28)29,22-13-7-3-8-14-22)23-15-9-4-10-16-23/h2-19,28-29H,1H3. The Morgan fingerprint density at radius 1 is 0.621 bits per heavy atom. The lowest BCUT2D eigenvalue weighted by molar-refractivity contribution is 0.375. The Kier molecular flexibility index (Phi) is 5.35. The van der Waals surface area contributed by atoms with Gasteiger partial charge in [-0.05, 0) is 34.7 Å². The van der Waals surface area contributed by atoms with Crippen molar-refractivity contribution in [2.45, 2.75) is 12.2 Å². The van der Waals surface area contributed by atoms with Crippen molar-refractivity contribution in [2.24, 2.45) is 0 Å². The molecule has 4 rings (SSSR count). The van der Waals surface area contributed by atoms with Gasteiger partial charge < -0.3 is 10.0 Å². The first kappa shape index (κ1) is 19.2. The summed E-state index contributed by atoms with van der Waals surface area (Å²) in [5.41, 5.74) is 5.69. The highest BCUT2D eigenvalue weighted by atomic mass is 16.4. The molecule has 0 atom stereocenters. The lowest BCUT2D eigenvalue weighted by Crippen LogP contribution is -2.46. The van der Waals surface area contributed by atoms with Crippen molar-refractivity contribution in [1.29, 1.82) is 0 Å². The molecule has 3 heteroatoms. The molecular weight excluding hydrogens is 355 g/mol. The summed E-state index contributed by atoms with van der Waals surface area (Å²) in [5.74, 6) is 0. The van der Waals surface area contributed by atoms with Gasteiger partial charge >= 0.3 is 7.12 Å². The SMILES string of the molecule is Cc1ccc(C(B(O)O)(c2ccccc2)c2ccccc2)c(-c2ccccc2)c1. The molecule has 2 N–H and O–H groups in total. The van der Waals surface area contributed by atoms with Crippen LogP contribution in [0.4, 0.5) is 0 Å². The maximum absolute atomic E-state index is 10.9. The predicted octanol–water partition coefficient (Wildman–Crippen LogP) is 5.01. The zero-order chi connectivity index (χ0) is 20.3. The summed E-state index contributed by atoms with van der Waals surface area (Å²) < 4.78 is 0. The third-order valence-corrected chi connectivity index (χ3v) is 5.53. The molecule has 0 amide bonds. The summed E-state index contributed by atoms with van der Waals surface area (Å²) in [7, 11) is -1.63. The number of hydrogen-bond donors (Lipinski definition) is 2. The van der Waals surface area contributed by atoms with Crippen LogP contribution < -0.4 is 0 Å². The Morgan fingerprint density at radius 2 is 1.10 bits per heavy atom.